The zero-order valence-electron chi connectivity index (χ0n) is 13.0. The number of piperidine rings is 1. The highest BCUT2D eigenvalue weighted by Crippen LogP contribution is 2.34. The molecule has 3 rings (SSSR count). The first-order valence-corrected chi connectivity index (χ1v) is 9.19. The summed E-state index contributed by atoms with van der Waals surface area (Å²) in [6, 6.07) is 9.86. The molecule has 6 heteroatoms. The third-order valence-corrected chi connectivity index (χ3v) is 6.20. The molecule has 1 saturated heterocycles. The predicted molar refractivity (Wildman–Crippen MR) is 88.7 cm³/mol. The Kier molecular flexibility index (Phi) is 4.37. The van der Waals surface area contributed by atoms with Crippen molar-refractivity contribution in [1.82, 2.24) is 9.29 Å². The second kappa shape index (κ2) is 6.29. The number of benzene rings is 1. The van der Waals surface area contributed by atoms with Gasteiger partial charge < -0.3 is 4.98 Å². The van der Waals surface area contributed by atoms with Crippen LogP contribution in [-0.4, -0.2) is 24.3 Å². The van der Waals surface area contributed by atoms with E-state index in [0.29, 0.717) is 11.4 Å². The van der Waals surface area contributed by atoms with Crippen molar-refractivity contribution in [2.75, 3.05) is 6.54 Å². The zero-order valence-corrected chi connectivity index (χ0v) is 13.8. The maximum atomic E-state index is 13.0. The minimum Gasteiger partial charge on any atom is -0.329 e. The molecule has 0 aliphatic carbocycles. The number of aryl methyl sites for hydroxylation is 1. The van der Waals surface area contributed by atoms with Gasteiger partial charge in [-0.25, -0.2) is 8.42 Å². The fourth-order valence-corrected chi connectivity index (χ4v) is 4.68. The van der Waals surface area contributed by atoms with Gasteiger partial charge in [0, 0.05) is 18.8 Å². The Morgan fingerprint density at radius 2 is 1.83 bits per heavy atom. The SMILES string of the molecule is Cc1ccc(S(=O)(=O)N2CCCC[C@@H]2c2ccc(=O)[nH]c2)cc1. The molecule has 2 heterocycles. The first kappa shape index (κ1) is 16.0. The number of sulfonamides is 1. The molecule has 0 saturated carbocycles. The van der Waals surface area contributed by atoms with Crippen molar-refractivity contribution in [3.63, 3.8) is 0 Å². The monoisotopic (exact) mass is 332 g/mol. The van der Waals surface area contributed by atoms with Crippen LogP contribution in [0.2, 0.25) is 0 Å². The number of hydrogen-bond acceptors (Lipinski definition) is 3. The van der Waals surface area contributed by atoms with E-state index >= 15 is 0 Å². The van der Waals surface area contributed by atoms with Gasteiger partial charge >= 0.3 is 0 Å². The molecule has 1 fully saturated rings. The van der Waals surface area contributed by atoms with E-state index in [-0.39, 0.29) is 11.6 Å². The Morgan fingerprint density at radius 1 is 1.09 bits per heavy atom. The van der Waals surface area contributed by atoms with Gasteiger partial charge in [0.1, 0.15) is 0 Å². The minimum absolute atomic E-state index is 0.183. The highest BCUT2D eigenvalue weighted by molar-refractivity contribution is 7.89. The molecule has 1 atom stereocenters. The molecule has 0 amide bonds. The van der Waals surface area contributed by atoms with E-state index in [0.717, 1.165) is 30.4 Å². The van der Waals surface area contributed by atoms with Gasteiger partial charge in [0.05, 0.1) is 10.9 Å². The maximum Gasteiger partial charge on any atom is 0.247 e. The van der Waals surface area contributed by atoms with Gasteiger partial charge in [0.15, 0.2) is 0 Å². The number of aromatic amines is 1. The van der Waals surface area contributed by atoms with E-state index in [1.54, 1.807) is 28.7 Å². The summed E-state index contributed by atoms with van der Waals surface area (Å²) in [6.45, 7) is 2.43. The quantitative estimate of drug-likeness (QED) is 0.939. The number of nitrogens with one attached hydrogen (secondary N) is 1. The van der Waals surface area contributed by atoms with Crippen molar-refractivity contribution in [2.24, 2.45) is 0 Å². The van der Waals surface area contributed by atoms with Gasteiger partial charge in [-0.05, 0) is 37.5 Å². The number of H-pyrrole nitrogens is 1. The lowest BCUT2D eigenvalue weighted by molar-refractivity contribution is 0.255. The topological polar surface area (TPSA) is 70.2 Å². The molecule has 0 bridgehead atoms. The molecule has 0 radical (unpaired) electrons. The third kappa shape index (κ3) is 3.23. The predicted octanol–water partition coefficient (Wildman–Crippen LogP) is 2.60. The molecule has 1 aromatic carbocycles. The number of pyridine rings is 1. The smallest absolute Gasteiger partial charge is 0.247 e. The lowest BCUT2D eigenvalue weighted by Gasteiger charge is -2.34. The van der Waals surface area contributed by atoms with Gasteiger partial charge in [0.2, 0.25) is 15.6 Å². The molecule has 1 N–H and O–H groups in total. The fraction of sp³-hybridized carbons (Fsp3) is 0.353. The van der Waals surface area contributed by atoms with Crippen LogP contribution in [0.15, 0.2) is 52.3 Å². The van der Waals surface area contributed by atoms with Crippen LogP contribution >= 0.6 is 0 Å². The van der Waals surface area contributed by atoms with E-state index in [2.05, 4.69) is 4.98 Å². The van der Waals surface area contributed by atoms with Crippen molar-refractivity contribution in [3.05, 3.63) is 64.1 Å². The van der Waals surface area contributed by atoms with Gasteiger partial charge in [0.25, 0.3) is 0 Å². The van der Waals surface area contributed by atoms with Gasteiger partial charge in [-0.1, -0.05) is 30.2 Å². The molecule has 0 unspecified atom stereocenters. The molecule has 1 aromatic heterocycles. The second-order valence-electron chi connectivity index (χ2n) is 5.93. The van der Waals surface area contributed by atoms with E-state index < -0.39 is 10.0 Å². The van der Waals surface area contributed by atoms with Crippen molar-refractivity contribution in [3.8, 4) is 0 Å². The van der Waals surface area contributed by atoms with Crippen LogP contribution in [0, 0.1) is 6.92 Å². The molecule has 23 heavy (non-hydrogen) atoms. The zero-order chi connectivity index (χ0) is 16.4. The first-order valence-electron chi connectivity index (χ1n) is 7.75. The number of nitrogens with zero attached hydrogens (tertiary/aromatic N) is 1. The molecule has 0 spiro atoms. The Morgan fingerprint density at radius 3 is 2.48 bits per heavy atom. The van der Waals surface area contributed by atoms with Crippen LogP contribution in [0.5, 0.6) is 0 Å². The van der Waals surface area contributed by atoms with Crippen LogP contribution < -0.4 is 5.56 Å². The summed E-state index contributed by atoms with van der Waals surface area (Å²) in [5.41, 5.74) is 1.68. The van der Waals surface area contributed by atoms with Crippen molar-refractivity contribution in [2.45, 2.75) is 37.1 Å². The van der Waals surface area contributed by atoms with Crippen molar-refractivity contribution >= 4 is 10.0 Å². The highest BCUT2D eigenvalue weighted by Gasteiger charge is 2.34. The summed E-state index contributed by atoms with van der Waals surface area (Å²) in [5.74, 6) is 0. The van der Waals surface area contributed by atoms with Crippen LogP contribution in [-0.2, 0) is 10.0 Å². The average Bonchev–Trinajstić information content (AvgIpc) is 2.56. The van der Waals surface area contributed by atoms with Crippen LogP contribution in [0.1, 0.15) is 36.4 Å². The molecule has 1 aliphatic rings. The molecular weight excluding hydrogens is 312 g/mol. The fourth-order valence-electron chi connectivity index (χ4n) is 3.00. The van der Waals surface area contributed by atoms with Crippen LogP contribution in [0.4, 0.5) is 0 Å². The Hall–Kier alpha value is -1.92. The Labute approximate surface area is 136 Å². The van der Waals surface area contributed by atoms with E-state index in [1.807, 2.05) is 19.1 Å². The maximum absolute atomic E-state index is 13.0. The van der Waals surface area contributed by atoms with E-state index in [4.69, 9.17) is 0 Å². The summed E-state index contributed by atoms with van der Waals surface area (Å²) in [6.07, 6.45) is 4.21. The number of aromatic nitrogens is 1. The second-order valence-corrected chi connectivity index (χ2v) is 7.82. The number of rotatable bonds is 3. The van der Waals surface area contributed by atoms with Crippen LogP contribution in [0.3, 0.4) is 0 Å². The van der Waals surface area contributed by atoms with Gasteiger partial charge in [-0.2, -0.15) is 4.31 Å². The number of hydrogen-bond donors (Lipinski definition) is 1. The van der Waals surface area contributed by atoms with Gasteiger partial charge in [-0.15, -0.1) is 0 Å². The summed E-state index contributed by atoms with van der Waals surface area (Å²) in [7, 11) is -3.54. The molecule has 122 valence electrons. The normalized spacial score (nSPS) is 19.6. The van der Waals surface area contributed by atoms with Crippen molar-refractivity contribution in [1.29, 1.82) is 0 Å². The Bertz CT molecular complexity index is 820. The molecule has 1 aliphatic heterocycles. The summed E-state index contributed by atoms with van der Waals surface area (Å²) in [4.78, 5) is 14.2. The molecule has 2 aromatic rings. The average molecular weight is 332 g/mol. The van der Waals surface area contributed by atoms with Gasteiger partial charge in [-0.3, -0.25) is 4.79 Å². The van der Waals surface area contributed by atoms with E-state index in [9.17, 15) is 13.2 Å². The van der Waals surface area contributed by atoms with Crippen molar-refractivity contribution < 1.29 is 8.42 Å². The summed E-state index contributed by atoms with van der Waals surface area (Å²) in [5, 5.41) is 0. The largest absolute Gasteiger partial charge is 0.329 e. The Balaban J connectivity index is 1.99. The molecular formula is C17H20N2O3S. The summed E-state index contributed by atoms with van der Waals surface area (Å²) >= 11 is 0. The first-order chi connectivity index (χ1) is 11.0. The standard InChI is InChI=1S/C17H20N2O3S/c1-13-5-8-15(9-6-13)23(21,22)19-11-3-2-4-16(19)14-7-10-17(20)18-12-14/h5-10,12,16H,2-4,11H2,1H3,(H,18,20)/t16-/m1/s1. The minimum atomic E-state index is -3.54. The van der Waals surface area contributed by atoms with E-state index in [1.165, 1.54) is 6.07 Å². The lowest BCUT2D eigenvalue weighted by atomic mass is 9.99. The summed E-state index contributed by atoms with van der Waals surface area (Å²) < 4.78 is 27.6. The highest BCUT2D eigenvalue weighted by atomic mass is 32.2. The lowest BCUT2D eigenvalue weighted by Crippen LogP contribution is -2.38. The van der Waals surface area contributed by atoms with Crippen LogP contribution in [0.25, 0.3) is 0 Å². The molecule has 5 nitrogen and oxygen atoms in total. The third-order valence-electron chi connectivity index (χ3n) is 4.27.